The summed E-state index contributed by atoms with van der Waals surface area (Å²) in [5, 5.41) is 0. The Morgan fingerprint density at radius 2 is 1.80 bits per heavy atom. The van der Waals surface area contributed by atoms with Gasteiger partial charge in [0, 0.05) is 30.5 Å². The van der Waals surface area contributed by atoms with Gasteiger partial charge in [-0.1, -0.05) is 33.6 Å². The van der Waals surface area contributed by atoms with E-state index in [1.165, 1.54) is 28.2 Å². The van der Waals surface area contributed by atoms with E-state index in [4.69, 9.17) is 19.9 Å². The zero-order chi connectivity index (χ0) is 32.1. The van der Waals surface area contributed by atoms with Crippen LogP contribution in [0.4, 0.5) is 0 Å². The molecule has 0 spiro atoms. The molecule has 4 rings (SSSR count). The highest BCUT2D eigenvalue weighted by atomic mass is 16.5. The van der Waals surface area contributed by atoms with E-state index in [1.54, 1.807) is 0 Å². The van der Waals surface area contributed by atoms with Crippen LogP contribution in [0.1, 0.15) is 98.3 Å². The topological polar surface area (TPSA) is 100.0 Å². The summed E-state index contributed by atoms with van der Waals surface area (Å²) in [6.45, 7) is 13.7. The van der Waals surface area contributed by atoms with Gasteiger partial charge < -0.3 is 29.7 Å². The van der Waals surface area contributed by atoms with Crippen molar-refractivity contribution in [2.75, 3.05) is 53.9 Å². The second kappa shape index (κ2) is 15.3. The molecule has 8 atom stereocenters. The molecule has 252 valence electrons. The van der Waals surface area contributed by atoms with Crippen LogP contribution in [0.15, 0.2) is 11.8 Å². The van der Waals surface area contributed by atoms with Gasteiger partial charge in [0.1, 0.15) is 32.3 Å². The van der Waals surface area contributed by atoms with Crippen LogP contribution in [0.25, 0.3) is 0 Å². The van der Waals surface area contributed by atoms with Gasteiger partial charge in [0.25, 0.3) is 0 Å². The standard InChI is InChI=1S/C35H62N4O5/c1-25(2)9-8-10-30(36)28-15-18-39-33-29(14-17-35(28,39)4)34(3)16-13-27(23-26(34)24-43-33)44-32(41)12-11-31(40)42-22-21-38(7)20-19-37(5)6/h24-25,27-30,33H,8-23,36H2,1-7H3/p+2. The maximum atomic E-state index is 12.7. The molecule has 0 aromatic carbocycles. The van der Waals surface area contributed by atoms with E-state index in [9.17, 15) is 9.59 Å². The number of nitrogens with one attached hydrogen (secondary N) is 2. The second-order valence-electron chi connectivity index (χ2n) is 15.7. The molecule has 1 aliphatic carbocycles. The summed E-state index contributed by atoms with van der Waals surface area (Å²) in [6, 6.07) is 0.249. The molecule has 0 radical (unpaired) electrons. The molecule has 8 unspecified atom stereocenters. The lowest BCUT2D eigenvalue weighted by Gasteiger charge is -2.58. The second-order valence-corrected chi connectivity index (χ2v) is 15.7. The molecule has 44 heavy (non-hydrogen) atoms. The normalized spacial score (nSPS) is 33.1. The molecule has 0 amide bonds. The number of rotatable bonds is 15. The third-order valence-corrected chi connectivity index (χ3v) is 11.6. The van der Waals surface area contributed by atoms with E-state index in [2.05, 4.69) is 53.7 Å². The number of likely N-dealkylation sites (N-methyl/N-ethyl adjacent to an activating group) is 2. The molecule has 9 nitrogen and oxygen atoms in total. The number of carbonyl (C=O) groups excluding carboxylic acids is 2. The molecule has 4 aliphatic rings. The fourth-order valence-electron chi connectivity index (χ4n) is 8.56. The molecule has 3 heterocycles. The summed E-state index contributed by atoms with van der Waals surface area (Å²) in [5.41, 5.74) is 8.27. The van der Waals surface area contributed by atoms with Crippen LogP contribution >= 0.6 is 0 Å². The molecule has 3 aliphatic heterocycles. The number of esters is 2. The lowest BCUT2D eigenvalue weighted by molar-refractivity contribution is -0.929. The Morgan fingerprint density at radius 1 is 1.05 bits per heavy atom. The molecular formula is C35H64N4O5+2. The Balaban J connectivity index is 1.23. The SMILES string of the molecule is CC(C)CCCC(N)C1CCN2C3OC=C4CC(OC(=O)CCC(=O)OCC[NH+](C)CC[NH+](C)C)CCC4(C)C3CCC12C. The highest BCUT2D eigenvalue weighted by molar-refractivity contribution is 5.77. The van der Waals surface area contributed by atoms with Gasteiger partial charge >= 0.3 is 11.9 Å². The first-order valence-corrected chi connectivity index (χ1v) is 17.7. The number of piperidine rings is 1. The fraction of sp³-hybridized carbons (Fsp3) is 0.886. The first-order chi connectivity index (χ1) is 20.8. The van der Waals surface area contributed by atoms with Crippen molar-refractivity contribution in [3.63, 3.8) is 0 Å². The smallest absolute Gasteiger partial charge is 0.306 e. The molecule has 4 N–H and O–H groups in total. The summed E-state index contributed by atoms with van der Waals surface area (Å²) in [6.07, 6.45) is 11.6. The zero-order valence-electron chi connectivity index (χ0n) is 28.9. The third-order valence-electron chi connectivity index (χ3n) is 11.6. The van der Waals surface area contributed by atoms with Crippen molar-refractivity contribution in [3.8, 4) is 0 Å². The first-order valence-electron chi connectivity index (χ1n) is 17.7. The van der Waals surface area contributed by atoms with Crippen LogP contribution in [0.5, 0.6) is 0 Å². The Kier molecular flexibility index (Phi) is 12.2. The van der Waals surface area contributed by atoms with Gasteiger partial charge in [0.2, 0.25) is 0 Å². The van der Waals surface area contributed by atoms with Crippen LogP contribution in [0.3, 0.4) is 0 Å². The number of carbonyl (C=O) groups is 2. The van der Waals surface area contributed by atoms with Crippen molar-refractivity contribution in [1.29, 1.82) is 0 Å². The van der Waals surface area contributed by atoms with Gasteiger partial charge in [-0.05, 0) is 68.3 Å². The van der Waals surface area contributed by atoms with Gasteiger partial charge in [0.15, 0.2) is 6.23 Å². The molecule has 1 saturated carbocycles. The summed E-state index contributed by atoms with van der Waals surface area (Å²) in [4.78, 5) is 30.3. The number of ether oxygens (including phenoxy) is 3. The van der Waals surface area contributed by atoms with Crippen molar-refractivity contribution in [2.24, 2.45) is 28.9 Å². The summed E-state index contributed by atoms with van der Waals surface area (Å²) in [7, 11) is 6.37. The monoisotopic (exact) mass is 620 g/mol. The van der Waals surface area contributed by atoms with Crippen molar-refractivity contribution in [2.45, 2.75) is 122 Å². The lowest BCUT2D eigenvalue weighted by atomic mass is 9.58. The Hall–Kier alpha value is -1.68. The highest BCUT2D eigenvalue weighted by Gasteiger charge is 2.59. The minimum Gasteiger partial charge on any atom is -0.482 e. The highest BCUT2D eigenvalue weighted by Crippen LogP contribution is 2.58. The number of fused-ring (bicyclic) bond motifs is 5. The average molecular weight is 621 g/mol. The van der Waals surface area contributed by atoms with Gasteiger partial charge in [-0.15, -0.1) is 0 Å². The maximum Gasteiger partial charge on any atom is 0.306 e. The van der Waals surface area contributed by atoms with E-state index >= 15 is 0 Å². The molecule has 2 saturated heterocycles. The molecule has 0 bridgehead atoms. The number of hydrogen-bond acceptors (Lipinski definition) is 7. The summed E-state index contributed by atoms with van der Waals surface area (Å²) < 4.78 is 17.8. The largest absolute Gasteiger partial charge is 0.482 e. The van der Waals surface area contributed by atoms with Crippen molar-refractivity contribution in [3.05, 3.63) is 11.8 Å². The van der Waals surface area contributed by atoms with Gasteiger partial charge in [-0.3, -0.25) is 14.5 Å². The summed E-state index contributed by atoms with van der Waals surface area (Å²) in [5.74, 6) is 1.03. The predicted octanol–water partition coefficient (Wildman–Crippen LogP) is 1.96. The first kappa shape index (κ1) is 35.2. The maximum absolute atomic E-state index is 12.7. The number of quaternary nitrogens is 2. The van der Waals surface area contributed by atoms with E-state index < -0.39 is 0 Å². The molecule has 0 aromatic heterocycles. The van der Waals surface area contributed by atoms with Gasteiger partial charge in [-0.2, -0.15) is 0 Å². The molecule has 9 heteroatoms. The number of nitrogens with zero attached hydrogens (tertiary/aromatic N) is 1. The number of hydrogen-bond donors (Lipinski definition) is 3. The molecule has 0 aromatic rings. The summed E-state index contributed by atoms with van der Waals surface area (Å²) >= 11 is 0. The Bertz CT molecular complexity index is 1000. The van der Waals surface area contributed by atoms with E-state index in [0.29, 0.717) is 24.9 Å². The van der Waals surface area contributed by atoms with Gasteiger partial charge in [-0.25, -0.2) is 0 Å². The Morgan fingerprint density at radius 3 is 2.52 bits per heavy atom. The molecule has 3 fully saturated rings. The van der Waals surface area contributed by atoms with Crippen LogP contribution in [-0.2, 0) is 23.8 Å². The minimum atomic E-state index is -0.330. The van der Waals surface area contributed by atoms with Crippen molar-refractivity contribution >= 4 is 11.9 Å². The van der Waals surface area contributed by atoms with Crippen LogP contribution in [0, 0.1) is 23.2 Å². The number of nitrogens with two attached hydrogens (primary N) is 1. The third kappa shape index (κ3) is 8.37. The van der Waals surface area contributed by atoms with Gasteiger partial charge in [0.05, 0.1) is 40.2 Å². The lowest BCUT2D eigenvalue weighted by Crippen LogP contribution is -3.16. The minimum absolute atomic E-state index is 0.0530. The molecular weight excluding hydrogens is 556 g/mol. The van der Waals surface area contributed by atoms with Crippen LogP contribution in [-0.4, -0.2) is 94.7 Å². The van der Waals surface area contributed by atoms with Crippen LogP contribution in [0.2, 0.25) is 0 Å². The predicted molar refractivity (Wildman–Crippen MR) is 172 cm³/mol. The van der Waals surface area contributed by atoms with Crippen molar-refractivity contribution in [1.82, 2.24) is 4.90 Å². The van der Waals surface area contributed by atoms with E-state index in [1.807, 2.05) is 6.26 Å². The zero-order valence-corrected chi connectivity index (χ0v) is 28.9. The van der Waals surface area contributed by atoms with E-state index in [-0.39, 0.29) is 54.1 Å². The van der Waals surface area contributed by atoms with Crippen molar-refractivity contribution < 1.29 is 33.6 Å². The quantitative estimate of drug-likeness (QED) is 0.241. The van der Waals surface area contributed by atoms with Crippen LogP contribution < -0.4 is 15.5 Å². The van der Waals surface area contributed by atoms with E-state index in [0.717, 1.165) is 70.6 Å². The average Bonchev–Trinajstić information content (AvgIpc) is 3.32. The Labute approximate surface area is 267 Å². The fourth-order valence-corrected chi connectivity index (χ4v) is 8.56.